The fourth-order valence-corrected chi connectivity index (χ4v) is 3.24. The van der Waals surface area contributed by atoms with Crippen LogP contribution in [0.2, 0.25) is 0 Å². The molecule has 0 radical (unpaired) electrons. The van der Waals surface area contributed by atoms with Crippen molar-refractivity contribution in [1.82, 2.24) is 0 Å². The van der Waals surface area contributed by atoms with Gasteiger partial charge in [-0.2, -0.15) is 0 Å². The van der Waals surface area contributed by atoms with Crippen LogP contribution in [0.15, 0.2) is 0 Å². The summed E-state index contributed by atoms with van der Waals surface area (Å²) >= 11 is 0. The zero-order valence-electron chi connectivity index (χ0n) is 17.3. The van der Waals surface area contributed by atoms with E-state index in [1.807, 2.05) is 0 Å². The number of methoxy groups -OCH3 is 1. The molecule has 0 rings (SSSR count). The smallest absolute Gasteiger partial charge is 0.104 e. The second-order valence-electron chi connectivity index (χ2n) is 7.43. The maximum absolute atomic E-state index is 9.09. The molecule has 0 amide bonds. The minimum atomic E-state index is -0.152. The first kappa shape index (κ1) is 24.9. The minimum Gasteiger partial charge on any atom is -0.394 e. The lowest BCUT2D eigenvalue weighted by Gasteiger charge is -2.14. The van der Waals surface area contributed by atoms with Crippen molar-refractivity contribution in [3.8, 4) is 0 Å². The van der Waals surface area contributed by atoms with Crippen molar-refractivity contribution < 1.29 is 14.6 Å². The van der Waals surface area contributed by atoms with Crippen molar-refractivity contribution in [3.63, 3.8) is 0 Å². The molecule has 0 saturated carbocycles. The molecule has 0 heterocycles. The molecule has 0 saturated heterocycles. The molecule has 0 unspecified atom stereocenters. The summed E-state index contributed by atoms with van der Waals surface area (Å²) < 4.78 is 10.6. The molecule has 0 aromatic carbocycles. The highest BCUT2D eigenvalue weighted by Crippen LogP contribution is 2.13. The summed E-state index contributed by atoms with van der Waals surface area (Å²) in [6.45, 7) is 3.56. The summed E-state index contributed by atoms with van der Waals surface area (Å²) in [6, 6.07) is 0. The van der Waals surface area contributed by atoms with Crippen molar-refractivity contribution >= 4 is 0 Å². The van der Waals surface area contributed by atoms with Gasteiger partial charge < -0.3 is 14.6 Å². The first-order valence-corrected chi connectivity index (χ1v) is 11.1. The van der Waals surface area contributed by atoms with Gasteiger partial charge in [-0.25, -0.2) is 0 Å². The molecule has 0 aromatic heterocycles. The molecule has 152 valence electrons. The highest BCUT2D eigenvalue weighted by molar-refractivity contribution is 4.54. The van der Waals surface area contributed by atoms with Crippen LogP contribution in [-0.4, -0.2) is 38.1 Å². The largest absolute Gasteiger partial charge is 0.394 e. The molecule has 0 aromatic rings. The first-order valence-electron chi connectivity index (χ1n) is 11.1. The molecular weight excluding hydrogens is 312 g/mol. The lowest BCUT2D eigenvalue weighted by molar-refractivity contribution is -0.0321. The van der Waals surface area contributed by atoms with E-state index < -0.39 is 0 Å². The van der Waals surface area contributed by atoms with Crippen LogP contribution >= 0.6 is 0 Å². The van der Waals surface area contributed by atoms with Crippen LogP contribution in [0.1, 0.15) is 110 Å². The monoisotopic (exact) mass is 358 g/mol. The second kappa shape index (κ2) is 21.9. The number of aliphatic hydroxyl groups excluding tert-OH is 1. The molecule has 1 atom stereocenters. The molecule has 3 nitrogen and oxygen atoms in total. The third-order valence-corrected chi connectivity index (χ3v) is 4.91. The molecule has 1 N–H and O–H groups in total. The minimum absolute atomic E-state index is 0.0483. The molecule has 3 heteroatoms. The molecule has 0 aliphatic carbocycles. The van der Waals surface area contributed by atoms with Crippen LogP contribution in [0, 0.1) is 0 Å². The third-order valence-electron chi connectivity index (χ3n) is 4.91. The van der Waals surface area contributed by atoms with Crippen LogP contribution in [0.5, 0.6) is 0 Å². The zero-order valence-corrected chi connectivity index (χ0v) is 17.3. The SMILES string of the molecule is CCCCCCCCCCCCCCCCCCO[C@@H](CO)COC. The summed E-state index contributed by atoms with van der Waals surface area (Å²) in [6.07, 6.45) is 22.0. The highest BCUT2D eigenvalue weighted by Gasteiger charge is 2.05. The Morgan fingerprint density at radius 3 is 1.40 bits per heavy atom. The fourth-order valence-electron chi connectivity index (χ4n) is 3.24. The first-order chi connectivity index (χ1) is 12.3. The normalized spacial score (nSPS) is 12.6. The Balaban J connectivity index is 3.07. The molecule has 0 bridgehead atoms. The van der Waals surface area contributed by atoms with Gasteiger partial charge in [0.05, 0.1) is 13.2 Å². The fraction of sp³-hybridized carbons (Fsp3) is 1.00. The summed E-state index contributed by atoms with van der Waals surface area (Å²) in [5.41, 5.74) is 0. The van der Waals surface area contributed by atoms with E-state index in [9.17, 15) is 0 Å². The van der Waals surface area contributed by atoms with E-state index in [1.54, 1.807) is 7.11 Å². The number of ether oxygens (including phenoxy) is 2. The van der Waals surface area contributed by atoms with Crippen molar-refractivity contribution in [2.75, 3.05) is 26.9 Å². The Hall–Kier alpha value is -0.120. The van der Waals surface area contributed by atoms with Gasteiger partial charge in [0.25, 0.3) is 0 Å². The molecular formula is C22H46O3. The number of hydrogen-bond donors (Lipinski definition) is 1. The van der Waals surface area contributed by atoms with Gasteiger partial charge in [-0.3, -0.25) is 0 Å². The number of unbranched alkanes of at least 4 members (excludes halogenated alkanes) is 15. The van der Waals surface area contributed by atoms with Gasteiger partial charge in [0.15, 0.2) is 0 Å². The van der Waals surface area contributed by atoms with Crippen LogP contribution < -0.4 is 0 Å². The van der Waals surface area contributed by atoms with Crippen LogP contribution in [0.25, 0.3) is 0 Å². The molecule has 0 aliphatic heterocycles. The second-order valence-corrected chi connectivity index (χ2v) is 7.43. The average Bonchev–Trinajstić information content (AvgIpc) is 2.63. The lowest BCUT2D eigenvalue weighted by Crippen LogP contribution is -2.23. The molecule has 0 spiro atoms. The molecule has 0 fully saturated rings. The van der Waals surface area contributed by atoms with Crippen LogP contribution in [0.3, 0.4) is 0 Å². The molecule has 0 aliphatic rings. The predicted molar refractivity (Wildman–Crippen MR) is 108 cm³/mol. The standard InChI is InChI=1S/C22H46O3/c1-3-4-5-6-7-8-9-10-11-12-13-14-15-16-17-18-19-25-22(20-23)21-24-2/h22-23H,3-21H2,1-2H3/t22-/m0/s1. The summed E-state index contributed by atoms with van der Waals surface area (Å²) in [7, 11) is 1.64. The van der Waals surface area contributed by atoms with Gasteiger partial charge in [-0.15, -0.1) is 0 Å². The van der Waals surface area contributed by atoms with Gasteiger partial charge in [-0.1, -0.05) is 103 Å². The molecule has 25 heavy (non-hydrogen) atoms. The Morgan fingerprint density at radius 2 is 1.04 bits per heavy atom. The van der Waals surface area contributed by atoms with Crippen molar-refractivity contribution in [1.29, 1.82) is 0 Å². The predicted octanol–water partition coefficient (Wildman–Crippen LogP) is 6.27. The average molecular weight is 359 g/mol. The Bertz CT molecular complexity index is 233. The van der Waals surface area contributed by atoms with Crippen LogP contribution in [0.4, 0.5) is 0 Å². The topological polar surface area (TPSA) is 38.7 Å². The number of aliphatic hydroxyl groups is 1. The van der Waals surface area contributed by atoms with E-state index in [4.69, 9.17) is 14.6 Å². The summed E-state index contributed by atoms with van der Waals surface area (Å²) in [5.74, 6) is 0. The van der Waals surface area contributed by atoms with Crippen molar-refractivity contribution in [3.05, 3.63) is 0 Å². The van der Waals surface area contributed by atoms with Gasteiger partial charge >= 0.3 is 0 Å². The van der Waals surface area contributed by atoms with Gasteiger partial charge in [0.1, 0.15) is 6.10 Å². The van der Waals surface area contributed by atoms with E-state index in [-0.39, 0.29) is 12.7 Å². The third kappa shape index (κ3) is 20.0. The Morgan fingerprint density at radius 1 is 0.640 bits per heavy atom. The Labute approximate surface area is 157 Å². The van der Waals surface area contributed by atoms with Gasteiger partial charge in [0.2, 0.25) is 0 Å². The maximum Gasteiger partial charge on any atom is 0.104 e. The Kier molecular flexibility index (Phi) is 21.8. The highest BCUT2D eigenvalue weighted by atomic mass is 16.5. The maximum atomic E-state index is 9.09. The van der Waals surface area contributed by atoms with E-state index in [2.05, 4.69) is 6.92 Å². The zero-order chi connectivity index (χ0) is 18.4. The van der Waals surface area contributed by atoms with E-state index >= 15 is 0 Å². The van der Waals surface area contributed by atoms with E-state index in [0.717, 1.165) is 13.0 Å². The van der Waals surface area contributed by atoms with Crippen molar-refractivity contribution in [2.24, 2.45) is 0 Å². The number of rotatable bonds is 21. The van der Waals surface area contributed by atoms with Crippen LogP contribution in [-0.2, 0) is 9.47 Å². The summed E-state index contributed by atoms with van der Waals surface area (Å²) in [5, 5.41) is 9.09. The lowest BCUT2D eigenvalue weighted by atomic mass is 10.0. The van der Waals surface area contributed by atoms with E-state index in [0.29, 0.717) is 6.61 Å². The van der Waals surface area contributed by atoms with Gasteiger partial charge in [-0.05, 0) is 6.42 Å². The summed E-state index contributed by atoms with van der Waals surface area (Å²) in [4.78, 5) is 0. The quantitative estimate of drug-likeness (QED) is 0.246. The van der Waals surface area contributed by atoms with Gasteiger partial charge in [0, 0.05) is 13.7 Å². The van der Waals surface area contributed by atoms with E-state index in [1.165, 1.54) is 96.3 Å². The number of hydrogen-bond acceptors (Lipinski definition) is 3. The van der Waals surface area contributed by atoms with Crippen molar-refractivity contribution in [2.45, 2.75) is 116 Å².